The van der Waals surface area contributed by atoms with E-state index in [1.807, 2.05) is 67.1 Å². The van der Waals surface area contributed by atoms with Crippen LogP contribution in [0.3, 0.4) is 0 Å². The van der Waals surface area contributed by atoms with Gasteiger partial charge in [0.2, 0.25) is 0 Å². The summed E-state index contributed by atoms with van der Waals surface area (Å²) in [5.74, 6) is 0.190. The Morgan fingerprint density at radius 3 is 2.28 bits per heavy atom. The third-order valence-corrected chi connectivity index (χ3v) is 4.46. The predicted molar refractivity (Wildman–Crippen MR) is 100 cm³/mol. The zero-order valence-corrected chi connectivity index (χ0v) is 14.9. The first-order valence-corrected chi connectivity index (χ1v) is 8.52. The van der Waals surface area contributed by atoms with Gasteiger partial charge >= 0.3 is 0 Å². The molecule has 0 spiro atoms. The molecule has 0 radical (unpaired) electrons. The first-order chi connectivity index (χ1) is 12.1. The highest BCUT2D eigenvalue weighted by Crippen LogP contribution is 2.18. The third kappa shape index (κ3) is 3.63. The molecule has 4 heteroatoms. The molecule has 1 heterocycles. The molecule has 0 bridgehead atoms. The average Bonchev–Trinajstić information content (AvgIpc) is 2.95. The Balaban J connectivity index is 1.76. The van der Waals surface area contributed by atoms with E-state index in [-0.39, 0.29) is 11.8 Å². The van der Waals surface area contributed by atoms with Crippen molar-refractivity contribution in [1.82, 2.24) is 15.1 Å². The number of hydrogen-bond donors (Lipinski definition) is 1. The van der Waals surface area contributed by atoms with Crippen molar-refractivity contribution >= 4 is 5.91 Å². The first kappa shape index (κ1) is 17.0. The van der Waals surface area contributed by atoms with Crippen molar-refractivity contribution in [2.24, 2.45) is 0 Å². The number of aryl methyl sites for hydroxylation is 1. The standard InChI is InChI=1S/C21H23N3O/c1-15(18-10-6-4-7-11-18)14-22-21(25)20-16(2)23-24(17(20)3)19-12-8-5-9-13-19/h4-13,15H,14H2,1-3H3,(H,22,25)/t15-/m0/s1. The summed E-state index contributed by atoms with van der Waals surface area (Å²) < 4.78 is 1.82. The van der Waals surface area contributed by atoms with E-state index in [0.29, 0.717) is 12.1 Å². The van der Waals surface area contributed by atoms with Crippen molar-refractivity contribution in [2.45, 2.75) is 26.7 Å². The number of aromatic nitrogens is 2. The van der Waals surface area contributed by atoms with Crippen molar-refractivity contribution < 1.29 is 4.79 Å². The summed E-state index contributed by atoms with van der Waals surface area (Å²) >= 11 is 0. The summed E-state index contributed by atoms with van der Waals surface area (Å²) in [5, 5.41) is 7.59. The largest absolute Gasteiger partial charge is 0.351 e. The molecule has 1 amide bonds. The maximum absolute atomic E-state index is 12.7. The second kappa shape index (κ2) is 7.34. The molecule has 0 saturated heterocycles. The second-order valence-corrected chi connectivity index (χ2v) is 6.31. The molecule has 1 atom stereocenters. The zero-order valence-electron chi connectivity index (χ0n) is 14.9. The Bertz CT molecular complexity index is 854. The van der Waals surface area contributed by atoms with Gasteiger partial charge in [-0.05, 0) is 37.5 Å². The molecule has 25 heavy (non-hydrogen) atoms. The Labute approximate surface area is 148 Å². The van der Waals surface area contributed by atoms with Crippen LogP contribution in [-0.2, 0) is 0 Å². The molecule has 0 unspecified atom stereocenters. The number of carbonyl (C=O) groups is 1. The fourth-order valence-electron chi connectivity index (χ4n) is 3.03. The maximum atomic E-state index is 12.7. The number of nitrogens with one attached hydrogen (secondary N) is 1. The zero-order chi connectivity index (χ0) is 17.8. The fourth-order valence-corrected chi connectivity index (χ4v) is 3.03. The molecule has 0 saturated carbocycles. The lowest BCUT2D eigenvalue weighted by atomic mass is 10.0. The van der Waals surface area contributed by atoms with E-state index in [1.54, 1.807) is 0 Å². The minimum absolute atomic E-state index is 0.0695. The van der Waals surface area contributed by atoms with Gasteiger partial charge in [0.05, 0.1) is 22.6 Å². The van der Waals surface area contributed by atoms with E-state index in [9.17, 15) is 4.79 Å². The van der Waals surface area contributed by atoms with Crippen LogP contribution >= 0.6 is 0 Å². The summed E-state index contributed by atoms with van der Waals surface area (Å²) in [6, 6.07) is 20.1. The van der Waals surface area contributed by atoms with Crippen molar-refractivity contribution in [1.29, 1.82) is 0 Å². The van der Waals surface area contributed by atoms with Gasteiger partial charge in [-0.2, -0.15) is 5.10 Å². The number of hydrogen-bond acceptors (Lipinski definition) is 2. The Morgan fingerprint density at radius 1 is 1.04 bits per heavy atom. The molecule has 4 nitrogen and oxygen atoms in total. The molecule has 0 aliphatic carbocycles. The van der Waals surface area contributed by atoms with Gasteiger partial charge in [-0.15, -0.1) is 0 Å². The molecule has 1 N–H and O–H groups in total. The number of amides is 1. The first-order valence-electron chi connectivity index (χ1n) is 8.52. The molecular formula is C21H23N3O. The summed E-state index contributed by atoms with van der Waals surface area (Å²) in [5.41, 5.74) is 4.43. The minimum atomic E-state index is -0.0695. The van der Waals surface area contributed by atoms with Gasteiger partial charge < -0.3 is 5.32 Å². The molecule has 0 fully saturated rings. The Kier molecular flexibility index (Phi) is 4.98. The predicted octanol–water partition coefficient (Wildman–Crippen LogP) is 4.02. The number of nitrogens with zero attached hydrogens (tertiary/aromatic N) is 2. The summed E-state index contributed by atoms with van der Waals surface area (Å²) in [6.45, 7) is 6.52. The molecule has 3 rings (SSSR count). The van der Waals surface area contributed by atoms with E-state index in [0.717, 1.165) is 17.1 Å². The normalized spacial score (nSPS) is 12.0. The van der Waals surface area contributed by atoms with Gasteiger partial charge in [0.15, 0.2) is 0 Å². The molecule has 0 aliphatic rings. The second-order valence-electron chi connectivity index (χ2n) is 6.31. The molecule has 1 aromatic heterocycles. The van der Waals surface area contributed by atoms with E-state index >= 15 is 0 Å². The van der Waals surface area contributed by atoms with Gasteiger partial charge in [-0.1, -0.05) is 55.5 Å². The van der Waals surface area contributed by atoms with Crippen LogP contribution in [0.15, 0.2) is 60.7 Å². The van der Waals surface area contributed by atoms with Crippen LogP contribution in [0.4, 0.5) is 0 Å². The van der Waals surface area contributed by atoms with Crippen LogP contribution in [0.1, 0.15) is 40.2 Å². The Morgan fingerprint density at radius 2 is 1.64 bits per heavy atom. The van der Waals surface area contributed by atoms with Crippen molar-refractivity contribution in [3.63, 3.8) is 0 Å². The lowest BCUT2D eigenvalue weighted by Crippen LogP contribution is -2.28. The van der Waals surface area contributed by atoms with E-state index in [4.69, 9.17) is 0 Å². The topological polar surface area (TPSA) is 46.9 Å². The van der Waals surface area contributed by atoms with E-state index in [1.165, 1.54) is 5.56 Å². The number of benzene rings is 2. The van der Waals surface area contributed by atoms with Crippen LogP contribution in [-0.4, -0.2) is 22.2 Å². The average molecular weight is 333 g/mol. The SMILES string of the molecule is Cc1nn(-c2ccccc2)c(C)c1C(=O)NC[C@H](C)c1ccccc1. The molecule has 2 aromatic carbocycles. The van der Waals surface area contributed by atoms with Crippen LogP contribution in [0.25, 0.3) is 5.69 Å². The smallest absolute Gasteiger partial charge is 0.255 e. The lowest BCUT2D eigenvalue weighted by molar-refractivity contribution is 0.0950. The monoisotopic (exact) mass is 333 g/mol. The fraction of sp³-hybridized carbons (Fsp3) is 0.238. The quantitative estimate of drug-likeness (QED) is 0.766. The Hall–Kier alpha value is -2.88. The van der Waals surface area contributed by atoms with Crippen LogP contribution in [0, 0.1) is 13.8 Å². The van der Waals surface area contributed by atoms with Crippen molar-refractivity contribution in [3.8, 4) is 5.69 Å². The van der Waals surface area contributed by atoms with Gasteiger partial charge in [0, 0.05) is 6.54 Å². The van der Waals surface area contributed by atoms with Crippen molar-refractivity contribution in [3.05, 3.63) is 83.2 Å². The van der Waals surface area contributed by atoms with E-state index < -0.39 is 0 Å². The van der Waals surface area contributed by atoms with Gasteiger partial charge in [0.1, 0.15) is 0 Å². The maximum Gasteiger partial charge on any atom is 0.255 e. The van der Waals surface area contributed by atoms with Crippen molar-refractivity contribution in [2.75, 3.05) is 6.54 Å². The van der Waals surface area contributed by atoms with E-state index in [2.05, 4.69) is 29.5 Å². The molecular weight excluding hydrogens is 310 g/mol. The molecule has 3 aromatic rings. The third-order valence-electron chi connectivity index (χ3n) is 4.46. The highest BCUT2D eigenvalue weighted by molar-refractivity contribution is 5.96. The highest BCUT2D eigenvalue weighted by Gasteiger charge is 2.19. The number of carbonyl (C=O) groups excluding carboxylic acids is 1. The van der Waals surface area contributed by atoms with Crippen LogP contribution < -0.4 is 5.32 Å². The molecule has 128 valence electrons. The van der Waals surface area contributed by atoms with Gasteiger partial charge in [-0.25, -0.2) is 4.68 Å². The summed E-state index contributed by atoms with van der Waals surface area (Å²) in [6.07, 6.45) is 0. The van der Waals surface area contributed by atoms with Crippen LogP contribution in [0.2, 0.25) is 0 Å². The number of rotatable bonds is 5. The minimum Gasteiger partial charge on any atom is -0.351 e. The summed E-state index contributed by atoms with van der Waals surface area (Å²) in [4.78, 5) is 12.7. The van der Waals surface area contributed by atoms with Crippen LogP contribution in [0.5, 0.6) is 0 Å². The number of para-hydroxylation sites is 1. The van der Waals surface area contributed by atoms with Gasteiger partial charge in [-0.3, -0.25) is 4.79 Å². The molecule has 0 aliphatic heterocycles. The van der Waals surface area contributed by atoms with Gasteiger partial charge in [0.25, 0.3) is 5.91 Å². The summed E-state index contributed by atoms with van der Waals surface area (Å²) in [7, 11) is 0. The lowest BCUT2D eigenvalue weighted by Gasteiger charge is -2.13. The highest BCUT2D eigenvalue weighted by atomic mass is 16.1.